The highest BCUT2D eigenvalue weighted by atomic mass is 16.5. The van der Waals surface area contributed by atoms with Crippen molar-refractivity contribution in [1.82, 2.24) is 4.98 Å². The van der Waals surface area contributed by atoms with E-state index < -0.39 is 0 Å². The minimum absolute atomic E-state index is 0.245. The van der Waals surface area contributed by atoms with Crippen LogP contribution in [-0.4, -0.2) is 11.0 Å². The van der Waals surface area contributed by atoms with E-state index in [2.05, 4.69) is 53.5 Å². The van der Waals surface area contributed by atoms with Crippen molar-refractivity contribution < 1.29 is 9.53 Å². The Kier molecular flexibility index (Phi) is 3.32. The van der Waals surface area contributed by atoms with Gasteiger partial charge in [-0.25, -0.2) is 4.79 Å². The Morgan fingerprint density at radius 3 is 2.19 bits per heavy atom. The molecule has 0 radical (unpaired) electrons. The molecular weight excluding hydrogens is 322 g/mol. The zero-order valence-electron chi connectivity index (χ0n) is 14.0. The normalized spacial score (nSPS) is 11.4. The largest absolute Gasteiger partial charge is 0.457 e. The zero-order chi connectivity index (χ0) is 17.5. The van der Waals surface area contributed by atoms with Gasteiger partial charge in [0.1, 0.15) is 6.61 Å². The Labute approximate surface area is 150 Å². The van der Waals surface area contributed by atoms with Gasteiger partial charge < -0.3 is 4.74 Å². The van der Waals surface area contributed by atoms with Crippen LogP contribution >= 0.6 is 0 Å². The number of hydrogen-bond donors (Lipinski definition) is 0. The first-order valence-corrected chi connectivity index (χ1v) is 8.54. The maximum absolute atomic E-state index is 12.2. The SMILES string of the molecule is O=C(OCc1ccc2ccc3cccc4ccc1c2c34)c1ccncc1. The van der Waals surface area contributed by atoms with Crippen molar-refractivity contribution in [1.29, 1.82) is 0 Å². The Morgan fingerprint density at radius 2 is 1.42 bits per heavy atom. The number of benzene rings is 4. The molecule has 4 aromatic carbocycles. The number of aromatic nitrogens is 1. The van der Waals surface area contributed by atoms with Crippen molar-refractivity contribution in [3.05, 3.63) is 90.3 Å². The maximum atomic E-state index is 12.2. The fourth-order valence-electron chi connectivity index (χ4n) is 3.64. The van der Waals surface area contributed by atoms with Gasteiger partial charge in [-0.1, -0.05) is 54.6 Å². The van der Waals surface area contributed by atoms with Crippen molar-refractivity contribution in [2.45, 2.75) is 6.61 Å². The van der Waals surface area contributed by atoms with Crippen LogP contribution in [0.1, 0.15) is 15.9 Å². The number of esters is 1. The summed E-state index contributed by atoms with van der Waals surface area (Å²) in [5, 5.41) is 7.30. The van der Waals surface area contributed by atoms with Gasteiger partial charge in [-0.05, 0) is 50.0 Å². The molecule has 0 aliphatic carbocycles. The zero-order valence-corrected chi connectivity index (χ0v) is 14.0. The monoisotopic (exact) mass is 337 g/mol. The van der Waals surface area contributed by atoms with Crippen molar-refractivity contribution in [2.75, 3.05) is 0 Å². The predicted molar refractivity (Wildman–Crippen MR) is 104 cm³/mol. The number of hydrogen-bond acceptors (Lipinski definition) is 3. The second kappa shape index (κ2) is 5.81. The van der Waals surface area contributed by atoms with Gasteiger partial charge in [0.05, 0.1) is 5.56 Å². The highest BCUT2D eigenvalue weighted by molar-refractivity contribution is 6.23. The van der Waals surface area contributed by atoms with Crippen LogP contribution in [0.4, 0.5) is 0 Å². The van der Waals surface area contributed by atoms with Crippen LogP contribution in [0.5, 0.6) is 0 Å². The first kappa shape index (κ1) is 14.8. The van der Waals surface area contributed by atoms with E-state index in [1.165, 1.54) is 26.9 Å². The standard InChI is InChI=1S/C23H15NO2/c25-23(18-10-12-24-13-11-18)26-14-19-7-6-17-5-4-15-2-1-3-16-8-9-20(19)22(17)21(15)16/h1-13H,14H2. The first-order chi connectivity index (χ1) is 12.8. The lowest BCUT2D eigenvalue weighted by Crippen LogP contribution is -2.05. The molecule has 1 heterocycles. The molecule has 0 unspecified atom stereocenters. The molecule has 0 bridgehead atoms. The third-order valence-electron chi connectivity index (χ3n) is 4.89. The highest BCUT2D eigenvalue weighted by Gasteiger charge is 2.12. The summed E-state index contributed by atoms with van der Waals surface area (Å²) in [5.74, 6) is -0.335. The number of carbonyl (C=O) groups excluding carboxylic acids is 1. The number of pyridine rings is 1. The average molecular weight is 337 g/mol. The molecule has 5 rings (SSSR count). The third-order valence-corrected chi connectivity index (χ3v) is 4.89. The topological polar surface area (TPSA) is 39.2 Å². The fourth-order valence-corrected chi connectivity index (χ4v) is 3.64. The molecule has 3 heteroatoms. The average Bonchev–Trinajstić information content (AvgIpc) is 2.71. The van der Waals surface area contributed by atoms with Gasteiger partial charge in [-0.15, -0.1) is 0 Å². The number of carbonyl (C=O) groups is 1. The highest BCUT2D eigenvalue weighted by Crippen LogP contribution is 2.36. The summed E-state index contributed by atoms with van der Waals surface area (Å²) < 4.78 is 5.54. The van der Waals surface area contributed by atoms with Crippen LogP contribution in [-0.2, 0) is 11.3 Å². The maximum Gasteiger partial charge on any atom is 0.338 e. The Bertz CT molecular complexity index is 1230. The molecule has 0 N–H and O–H groups in total. The lowest BCUT2D eigenvalue weighted by atomic mass is 9.92. The van der Waals surface area contributed by atoms with Gasteiger partial charge in [-0.2, -0.15) is 0 Å². The number of rotatable bonds is 3. The van der Waals surface area contributed by atoms with Crippen LogP contribution in [0.3, 0.4) is 0 Å². The van der Waals surface area contributed by atoms with E-state index in [1.54, 1.807) is 24.5 Å². The Hall–Kier alpha value is -3.46. The molecule has 0 saturated heterocycles. The molecule has 0 aliphatic rings. The summed E-state index contributed by atoms with van der Waals surface area (Å²) in [7, 11) is 0. The van der Waals surface area contributed by atoms with Gasteiger partial charge in [0.15, 0.2) is 0 Å². The lowest BCUT2D eigenvalue weighted by molar-refractivity contribution is 0.0474. The van der Waals surface area contributed by atoms with Gasteiger partial charge in [0.2, 0.25) is 0 Å². The van der Waals surface area contributed by atoms with Crippen molar-refractivity contribution in [3.63, 3.8) is 0 Å². The van der Waals surface area contributed by atoms with E-state index in [-0.39, 0.29) is 12.6 Å². The van der Waals surface area contributed by atoms with E-state index in [1.807, 2.05) is 6.07 Å². The third kappa shape index (κ3) is 2.29. The molecule has 5 aromatic rings. The summed E-state index contributed by atoms with van der Waals surface area (Å²) in [6.45, 7) is 0.245. The molecule has 3 nitrogen and oxygen atoms in total. The quantitative estimate of drug-likeness (QED) is 0.330. The molecule has 0 aliphatic heterocycles. The smallest absolute Gasteiger partial charge is 0.338 e. The minimum atomic E-state index is -0.335. The molecule has 0 atom stereocenters. The first-order valence-electron chi connectivity index (χ1n) is 8.54. The second-order valence-corrected chi connectivity index (χ2v) is 6.39. The van der Waals surface area contributed by atoms with Crippen LogP contribution in [0.15, 0.2) is 79.1 Å². The van der Waals surface area contributed by atoms with Crippen molar-refractivity contribution in [2.24, 2.45) is 0 Å². The van der Waals surface area contributed by atoms with E-state index in [0.717, 1.165) is 10.9 Å². The van der Waals surface area contributed by atoms with Crippen LogP contribution < -0.4 is 0 Å². The molecule has 124 valence electrons. The van der Waals surface area contributed by atoms with Crippen LogP contribution in [0, 0.1) is 0 Å². The molecule has 0 saturated carbocycles. The Morgan fingerprint density at radius 1 is 0.769 bits per heavy atom. The number of ether oxygens (including phenoxy) is 1. The molecule has 26 heavy (non-hydrogen) atoms. The molecule has 1 aromatic heterocycles. The van der Waals surface area contributed by atoms with Crippen molar-refractivity contribution >= 4 is 38.3 Å². The second-order valence-electron chi connectivity index (χ2n) is 6.39. The molecule has 0 fully saturated rings. The molecule has 0 amide bonds. The van der Waals surface area contributed by atoms with Crippen molar-refractivity contribution in [3.8, 4) is 0 Å². The van der Waals surface area contributed by atoms with E-state index in [4.69, 9.17) is 4.74 Å². The summed E-state index contributed by atoms with van der Waals surface area (Å²) in [6.07, 6.45) is 3.18. The summed E-state index contributed by atoms with van der Waals surface area (Å²) in [6, 6.07) is 22.4. The Balaban J connectivity index is 1.59. The van der Waals surface area contributed by atoms with Gasteiger partial charge >= 0.3 is 5.97 Å². The van der Waals surface area contributed by atoms with Crippen LogP contribution in [0.25, 0.3) is 32.3 Å². The summed E-state index contributed by atoms with van der Waals surface area (Å²) in [4.78, 5) is 16.2. The lowest BCUT2D eigenvalue weighted by Gasteiger charge is -2.14. The van der Waals surface area contributed by atoms with Gasteiger partial charge in [0, 0.05) is 12.4 Å². The van der Waals surface area contributed by atoms with E-state index >= 15 is 0 Å². The van der Waals surface area contributed by atoms with Gasteiger partial charge in [0.25, 0.3) is 0 Å². The molecular formula is C23H15NO2. The number of nitrogens with zero attached hydrogens (tertiary/aromatic N) is 1. The van der Waals surface area contributed by atoms with Crippen LogP contribution in [0.2, 0.25) is 0 Å². The minimum Gasteiger partial charge on any atom is -0.457 e. The summed E-state index contributed by atoms with van der Waals surface area (Å²) >= 11 is 0. The predicted octanol–water partition coefficient (Wildman–Crippen LogP) is 5.34. The fraction of sp³-hybridized carbons (Fsp3) is 0.0435. The van der Waals surface area contributed by atoms with Gasteiger partial charge in [-0.3, -0.25) is 4.98 Å². The van der Waals surface area contributed by atoms with E-state index in [9.17, 15) is 4.79 Å². The molecule has 0 spiro atoms. The summed E-state index contributed by atoms with van der Waals surface area (Å²) in [5.41, 5.74) is 1.52. The van der Waals surface area contributed by atoms with E-state index in [0.29, 0.717) is 5.56 Å².